The minimum absolute atomic E-state index is 0.00755. The van der Waals surface area contributed by atoms with Crippen molar-refractivity contribution in [3.8, 4) is 0 Å². The number of hydrogen-bond donors (Lipinski definition) is 3. The summed E-state index contributed by atoms with van der Waals surface area (Å²) in [6.45, 7) is 1.46. The summed E-state index contributed by atoms with van der Waals surface area (Å²) in [5.74, 6) is -1.26. The molecule has 0 bridgehead atoms. The summed E-state index contributed by atoms with van der Waals surface area (Å²) in [6, 6.07) is 1.24. The monoisotopic (exact) mass is 256 g/mol. The van der Waals surface area contributed by atoms with E-state index in [4.69, 9.17) is 5.11 Å². The van der Waals surface area contributed by atoms with Crippen molar-refractivity contribution in [3.63, 3.8) is 0 Å². The van der Waals surface area contributed by atoms with Gasteiger partial charge in [-0.25, -0.2) is 0 Å². The van der Waals surface area contributed by atoms with Crippen LogP contribution in [-0.2, 0) is 4.79 Å². The van der Waals surface area contributed by atoms with Gasteiger partial charge < -0.3 is 15.3 Å². The molecule has 0 aromatic carbocycles. The molecular weight excluding hydrogens is 244 g/mol. The molecule has 1 aromatic rings. The summed E-state index contributed by atoms with van der Waals surface area (Å²) < 4.78 is 0. The van der Waals surface area contributed by atoms with Gasteiger partial charge in [0.25, 0.3) is 5.69 Å². The van der Waals surface area contributed by atoms with Crippen LogP contribution in [0.5, 0.6) is 0 Å². The number of aromatic nitrogens is 1. The van der Waals surface area contributed by atoms with Crippen LogP contribution in [0, 0.1) is 17.0 Å². The number of pyridine rings is 1. The Morgan fingerprint density at radius 2 is 2.17 bits per heavy atom. The Labute approximate surface area is 102 Å². The van der Waals surface area contributed by atoms with E-state index >= 15 is 0 Å². The Morgan fingerprint density at radius 3 is 2.61 bits per heavy atom. The highest BCUT2D eigenvalue weighted by Gasteiger charge is 2.24. The predicted molar refractivity (Wildman–Crippen MR) is 58.8 cm³/mol. The van der Waals surface area contributed by atoms with Crippen LogP contribution in [-0.4, -0.2) is 37.3 Å². The molecule has 0 saturated heterocycles. The van der Waals surface area contributed by atoms with Crippen molar-refractivity contribution >= 4 is 11.7 Å². The van der Waals surface area contributed by atoms with Crippen molar-refractivity contribution in [2.45, 2.75) is 25.6 Å². The second kappa shape index (κ2) is 5.52. The van der Waals surface area contributed by atoms with Gasteiger partial charge in [0.15, 0.2) is 0 Å². The average molecular weight is 256 g/mol. The van der Waals surface area contributed by atoms with Crippen LogP contribution < -0.4 is 0 Å². The van der Waals surface area contributed by atoms with Gasteiger partial charge in [0.1, 0.15) is 12.3 Å². The van der Waals surface area contributed by atoms with Gasteiger partial charge in [0, 0.05) is 5.56 Å². The highest BCUT2D eigenvalue weighted by molar-refractivity contribution is 5.67. The van der Waals surface area contributed by atoms with Gasteiger partial charge in [-0.1, -0.05) is 0 Å². The normalized spacial score (nSPS) is 13.9. The van der Waals surface area contributed by atoms with Crippen molar-refractivity contribution in [1.29, 1.82) is 0 Å². The first-order chi connectivity index (χ1) is 8.32. The van der Waals surface area contributed by atoms with Gasteiger partial charge in [-0.05, 0) is 13.0 Å². The maximum absolute atomic E-state index is 10.6. The minimum Gasteiger partial charge on any atom is -0.481 e. The first kappa shape index (κ1) is 14.0. The summed E-state index contributed by atoms with van der Waals surface area (Å²) in [6.07, 6.45) is -2.70. The maximum Gasteiger partial charge on any atom is 0.306 e. The molecule has 2 atom stereocenters. The molecule has 98 valence electrons. The Morgan fingerprint density at radius 1 is 1.56 bits per heavy atom. The summed E-state index contributed by atoms with van der Waals surface area (Å²) in [4.78, 5) is 24.0. The fourth-order valence-electron chi connectivity index (χ4n) is 1.41. The molecule has 3 N–H and O–H groups in total. The smallest absolute Gasteiger partial charge is 0.306 e. The molecule has 0 saturated carbocycles. The number of carboxylic acid groups (broad SMARTS) is 1. The number of nitro groups is 1. The summed E-state index contributed by atoms with van der Waals surface area (Å²) in [5, 5.41) is 38.1. The molecule has 8 nitrogen and oxygen atoms in total. The first-order valence-corrected chi connectivity index (χ1v) is 5.01. The number of aryl methyl sites for hydroxylation is 1. The van der Waals surface area contributed by atoms with Crippen LogP contribution in [0.25, 0.3) is 0 Å². The number of aliphatic hydroxyl groups excluding tert-OH is 2. The van der Waals surface area contributed by atoms with Crippen LogP contribution in [0.2, 0.25) is 0 Å². The van der Waals surface area contributed by atoms with Gasteiger partial charge in [0.05, 0.1) is 23.1 Å². The lowest BCUT2D eigenvalue weighted by Crippen LogP contribution is -2.22. The Balaban J connectivity index is 2.93. The highest BCUT2D eigenvalue weighted by atomic mass is 16.6. The van der Waals surface area contributed by atoms with Crippen LogP contribution in [0.15, 0.2) is 12.3 Å². The zero-order chi connectivity index (χ0) is 13.9. The second-order valence-corrected chi connectivity index (χ2v) is 3.76. The van der Waals surface area contributed by atoms with E-state index in [9.17, 15) is 25.1 Å². The third kappa shape index (κ3) is 3.22. The van der Waals surface area contributed by atoms with Crippen molar-refractivity contribution < 1.29 is 25.0 Å². The van der Waals surface area contributed by atoms with Gasteiger partial charge in [-0.15, -0.1) is 0 Å². The van der Waals surface area contributed by atoms with Gasteiger partial charge in [-0.2, -0.15) is 0 Å². The largest absolute Gasteiger partial charge is 0.481 e. The molecule has 0 aliphatic rings. The predicted octanol–water partition coefficient (Wildman–Crippen LogP) is 0.167. The Bertz CT molecular complexity index is 475. The molecule has 0 fully saturated rings. The molecule has 0 spiro atoms. The molecule has 0 radical (unpaired) electrons. The number of carbonyl (C=O) groups is 1. The maximum atomic E-state index is 10.6. The number of rotatable bonds is 5. The standard InChI is InChI=1S/C10H12N2O6/c1-5-2-6(11-4-7(5)12(17)18)10(16)8(13)3-9(14)15/h2,4,8,10,13,16H,3H2,1H3,(H,14,15). The molecule has 1 heterocycles. The van der Waals surface area contributed by atoms with Crippen LogP contribution in [0.3, 0.4) is 0 Å². The van der Waals surface area contributed by atoms with E-state index < -0.39 is 29.5 Å². The molecule has 0 amide bonds. The summed E-state index contributed by atoms with van der Waals surface area (Å²) >= 11 is 0. The molecule has 1 aromatic heterocycles. The number of aliphatic carboxylic acids is 1. The van der Waals surface area contributed by atoms with E-state index in [1.165, 1.54) is 13.0 Å². The van der Waals surface area contributed by atoms with Crippen molar-refractivity contribution in [3.05, 3.63) is 33.6 Å². The Kier molecular flexibility index (Phi) is 4.29. The fourth-order valence-corrected chi connectivity index (χ4v) is 1.41. The summed E-state index contributed by atoms with van der Waals surface area (Å²) in [5.41, 5.74) is 0.0529. The number of hydrogen-bond acceptors (Lipinski definition) is 6. The Hall–Kier alpha value is -2.06. The van der Waals surface area contributed by atoms with Gasteiger partial charge in [-0.3, -0.25) is 19.9 Å². The van der Waals surface area contributed by atoms with E-state index in [2.05, 4.69) is 4.98 Å². The number of carboxylic acids is 1. The zero-order valence-corrected chi connectivity index (χ0v) is 9.48. The second-order valence-electron chi connectivity index (χ2n) is 3.76. The average Bonchev–Trinajstić information content (AvgIpc) is 2.26. The molecule has 8 heteroatoms. The van der Waals surface area contributed by atoms with E-state index in [1.807, 2.05) is 0 Å². The quantitative estimate of drug-likeness (QED) is 0.504. The SMILES string of the molecule is Cc1cc(C(O)C(O)CC(=O)O)ncc1[N+](=O)[O-]. The lowest BCUT2D eigenvalue weighted by molar-refractivity contribution is -0.385. The molecule has 1 rings (SSSR count). The van der Waals surface area contributed by atoms with Gasteiger partial charge in [0.2, 0.25) is 0 Å². The highest BCUT2D eigenvalue weighted by Crippen LogP contribution is 2.22. The molecule has 18 heavy (non-hydrogen) atoms. The lowest BCUT2D eigenvalue weighted by Gasteiger charge is -2.15. The van der Waals surface area contributed by atoms with E-state index in [0.717, 1.165) is 6.20 Å². The van der Waals surface area contributed by atoms with Gasteiger partial charge >= 0.3 is 5.97 Å². The van der Waals surface area contributed by atoms with E-state index in [1.54, 1.807) is 0 Å². The fraction of sp³-hybridized carbons (Fsp3) is 0.400. The first-order valence-electron chi connectivity index (χ1n) is 5.01. The van der Waals surface area contributed by atoms with Crippen LogP contribution >= 0.6 is 0 Å². The molecule has 2 unspecified atom stereocenters. The van der Waals surface area contributed by atoms with E-state index in [0.29, 0.717) is 0 Å². The third-order valence-electron chi connectivity index (χ3n) is 2.35. The van der Waals surface area contributed by atoms with Crippen molar-refractivity contribution in [2.24, 2.45) is 0 Å². The minimum atomic E-state index is -1.52. The van der Waals surface area contributed by atoms with Crippen molar-refractivity contribution in [2.75, 3.05) is 0 Å². The van der Waals surface area contributed by atoms with E-state index in [-0.39, 0.29) is 16.9 Å². The number of nitrogens with zero attached hydrogens (tertiary/aromatic N) is 2. The number of aliphatic hydroxyl groups is 2. The molecule has 0 aliphatic heterocycles. The lowest BCUT2D eigenvalue weighted by atomic mass is 10.1. The topological polar surface area (TPSA) is 134 Å². The van der Waals surface area contributed by atoms with Crippen LogP contribution in [0.4, 0.5) is 5.69 Å². The molecule has 0 aliphatic carbocycles. The molecular formula is C10H12N2O6. The zero-order valence-electron chi connectivity index (χ0n) is 9.48. The summed E-state index contributed by atoms with van der Waals surface area (Å²) in [7, 11) is 0. The van der Waals surface area contributed by atoms with Crippen LogP contribution in [0.1, 0.15) is 23.8 Å². The third-order valence-corrected chi connectivity index (χ3v) is 2.35. The van der Waals surface area contributed by atoms with Crippen molar-refractivity contribution in [1.82, 2.24) is 4.98 Å².